The zero-order valence-electron chi connectivity index (χ0n) is 16.3. The number of aryl methyl sites for hydroxylation is 2. The highest BCUT2D eigenvalue weighted by Gasteiger charge is 2.25. The number of aromatic hydroxyl groups is 1. The van der Waals surface area contributed by atoms with Crippen LogP contribution in [0.3, 0.4) is 0 Å². The number of amides is 1. The SMILES string of the molecule is Cc1ccc(C(C)N2CCN(C(=O)COc3ccccc3O)CC2)cc1C. The number of phenolic OH excluding ortho intramolecular Hbond substituents is 1. The monoisotopic (exact) mass is 368 g/mol. The van der Waals surface area contributed by atoms with E-state index >= 15 is 0 Å². The summed E-state index contributed by atoms with van der Waals surface area (Å²) in [5, 5.41) is 9.72. The molecule has 144 valence electrons. The van der Waals surface area contributed by atoms with Gasteiger partial charge in [0, 0.05) is 32.2 Å². The molecule has 2 aromatic rings. The summed E-state index contributed by atoms with van der Waals surface area (Å²) in [5.41, 5.74) is 3.95. The average molecular weight is 368 g/mol. The fourth-order valence-corrected chi connectivity index (χ4v) is 3.40. The zero-order valence-corrected chi connectivity index (χ0v) is 16.3. The molecule has 0 bridgehead atoms. The van der Waals surface area contributed by atoms with E-state index < -0.39 is 0 Å². The minimum Gasteiger partial charge on any atom is -0.504 e. The van der Waals surface area contributed by atoms with E-state index in [1.54, 1.807) is 24.3 Å². The molecular weight excluding hydrogens is 340 g/mol. The van der Waals surface area contributed by atoms with Crippen LogP contribution in [0.25, 0.3) is 0 Å². The van der Waals surface area contributed by atoms with Crippen molar-refractivity contribution < 1.29 is 14.6 Å². The number of piperazine rings is 1. The molecule has 1 unspecified atom stereocenters. The van der Waals surface area contributed by atoms with Crippen LogP contribution in [0.15, 0.2) is 42.5 Å². The van der Waals surface area contributed by atoms with Crippen molar-refractivity contribution in [2.75, 3.05) is 32.8 Å². The van der Waals surface area contributed by atoms with Gasteiger partial charge in [0.1, 0.15) is 0 Å². The number of carbonyl (C=O) groups is 1. The number of hydrogen-bond donors (Lipinski definition) is 1. The van der Waals surface area contributed by atoms with E-state index in [2.05, 4.69) is 43.9 Å². The Labute approximate surface area is 161 Å². The van der Waals surface area contributed by atoms with Crippen LogP contribution in [0.5, 0.6) is 11.5 Å². The van der Waals surface area contributed by atoms with Crippen LogP contribution in [0, 0.1) is 13.8 Å². The Morgan fingerprint density at radius 1 is 1.07 bits per heavy atom. The van der Waals surface area contributed by atoms with Gasteiger partial charge in [-0.3, -0.25) is 9.69 Å². The molecule has 1 aliphatic heterocycles. The van der Waals surface area contributed by atoms with E-state index in [-0.39, 0.29) is 18.3 Å². The second-order valence-electron chi connectivity index (χ2n) is 7.19. The Morgan fingerprint density at radius 3 is 2.44 bits per heavy atom. The molecule has 1 saturated heterocycles. The van der Waals surface area contributed by atoms with Gasteiger partial charge in [0.25, 0.3) is 5.91 Å². The average Bonchev–Trinajstić information content (AvgIpc) is 2.69. The summed E-state index contributed by atoms with van der Waals surface area (Å²) in [6.07, 6.45) is 0. The van der Waals surface area contributed by atoms with Gasteiger partial charge in [-0.2, -0.15) is 0 Å². The highest BCUT2D eigenvalue weighted by molar-refractivity contribution is 5.78. The first-order valence-corrected chi connectivity index (χ1v) is 9.45. The van der Waals surface area contributed by atoms with E-state index in [9.17, 15) is 9.90 Å². The minimum absolute atomic E-state index is 0.0447. The fourth-order valence-electron chi connectivity index (χ4n) is 3.40. The summed E-state index contributed by atoms with van der Waals surface area (Å²) in [6, 6.07) is 13.7. The maximum absolute atomic E-state index is 12.4. The Hall–Kier alpha value is -2.53. The van der Waals surface area contributed by atoms with Crippen molar-refractivity contribution in [2.45, 2.75) is 26.8 Å². The molecule has 0 aliphatic carbocycles. The fraction of sp³-hybridized carbons (Fsp3) is 0.409. The molecule has 27 heavy (non-hydrogen) atoms. The van der Waals surface area contributed by atoms with Crippen molar-refractivity contribution in [1.82, 2.24) is 9.80 Å². The Morgan fingerprint density at radius 2 is 1.78 bits per heavy atom. The summed E-state index contributed by atoms with van der Waals surface area (Å²) < 4.78 is 5.46. The molecule has 1 heterocycles. The van der Waals surface area contributed by atoms with E-state index in [1.807, 2.05) is 4.90 Å². The number of carbonyl (C=O) groups excluding carboxylic acids is 1. The molecule has 0 aromatic heterocycles. The summed E-state index contributed by atoms with van der Waals surface area (Å²) in [7, 11) is 0. The predicted octanol–water partition coefficient (Wildman–Crippen LogP) is 3.29. The second kappa shape index (κ2) is 8.44. The van der Waals surface area contributed by atoms with Crippen LogP contribution in [-0.2, 0) is 4.79 Å². The smallest absolute Gasteiger partial charge is 0.260 e. The summed E-state index contributed by atoms with van der Waals surface area (Å²) in [6.45, 7) is 9.52. The third-order valence-electron chi connectivity index (χ3n) is 5.44. The first-order valence-electron chi connectivity index (χ1n) is 9.45. The molecule has 0 saturated carbocycles. The van der Waals surface area contributed by atoms with Gasteiger partial charge < -0.3 is 14.7 Å². The largest absolute Gasteiger partial charge is 0.504 e. The predicted molar refractivity (Wildman–Crippen MR) is 106 cm³/mol. The number of para-hydroxylation sites is 2. The molecule has 1 fully saturated rings. The van der Waals surface area contributed by atoms with Crippen LogP contribution in [-0.4, -0.2) is 53.6 Å². The third-order valence-corrected chi connectivity index (χ3v) is 5.44. The zero-order chi connectivity index (χ0) is 19.4. The number of benzene rings is 2. The maximum atomic E-state index is 12.4. The lowest BCUT2D eigenvalue weighted by molar-refractivity contribution is -0.135. The minimum atomic E-state index is -0.0513. The molecule has 1 N–H and O–H groups in total. The summed E-state index contributed by atoms with van der Waals surface area (Å²) in [4.78, 5) is 16.7. The lowest BCUT2D eigenvalue weighted by atomic mass is 10.0. The van der Waals surface area contributed by atoms with Crippen LogP contribution >= 0.6 is 0 Å². The van der Waals surface area contributed by atoms with Gasteiger partial charge in [-0.05, 0) is 49.6 Å². The normalized spacial score (nSPS) is 16.2. The van der Waals surface area contributed by atoms with Crippen molar-refractivity contribution >= 4 is 5.91 Å². The van der Waals surface area contributed by atoms with Gasteiger partial charge in [-0.15, -0.1) is 0 Å². The van der Waals surface area contributed by atoms with Crippen molar-refractivity contribution in [3.63, 3.8) is 0 Å². The van der Waals surface area contributed by atoms with Gasteiger partial charge >= 0.3 is 0 Å². The van der Waals surface area contributed by atoms with Crippen molar-refractivity contribution in [2.24, 2.45) is 0 Å². The first-order chi connectivity index (χ1) is 13.0. The van der Waals surface area contributed by atoms with Gasteiger partial charge in [-0.25, -0.2) is 0 Å². The molecule has 1 amide bonds. The van der Waals surface area contributed by atoms with Crippen LogP contribution in [0.4, 0.5) is 0 Å². The lowest BCUT2D eigenvalue weighted by Crippen LogP contribution is -2.50. The number of hydrogen-bond acceptors (Lipinski definition) is 4. The van der Waals surface area contributed by atoms with E-state index in [1.165, 1.54) is 16.7 Å². The Bertz CT molecular complexity index is 798. The quantitative estimate of drug-likeness (QED) is 0.880. The van der Waals surface area contributed by atoms with Gasteiger partial charge in [-0.1, -0.05) is 30.3 Å². The molecular formula is C22H28N2O3. The molecule has 2 aromatic carbocycles. The van der Waals surface area contributed by atoms with Gasteiger partial charge in [0.05, 0.1) is 0 Å². The third kappa shape index (κ3) is 4.61. The second-order valence-corrected chi connectivity index (χ2v) is 7.19. The van der Waals surface area contributed by atoms with Crippen molar-refractivity contribution in [1.29, 1.82) is 0 Å². The molecule has 1 atom stereocenters. The van der Waals surface area contributed by atoms with E-state index in [4.69, 9.17) is 4.74 Å². The van der Waals surface area contributed by atoms with Crippen molar-refractivity contribution in [3.05, 3.63) is 59.2 Å². The van der Waals surface area contributed by atoms with Crippen LogP contribution < -0.4 is 4.74 Å². The standard InChI is InChI=1S/C22H28N2O3/c1-16-8-9-19(14-17(16)2)18(3)23-10-12-24(13-11-23)22(26)15-27-21-7-5-4-6-20(21)25/h4-9,14,18,25H,10-13,15H2,1-3H3. The number of phenols is 1. The summed E-state index contributed by atoms with van der Waals surface area (Å²) in [5.74, 6) is 0.349. The number of ether oxygens (including phenoxy) is 1. The van der Waals surface area contributed by atoms with E-state index in [0.29, 0.717) is 24.9 Å². The highest BCUT2D eigenvalue weighted by Crippen LogP contribution is 2.25. The lowest BCUT2D eigenvalue weighted by Gasteiger charge is -2.38. The van der Waals surface area contributed by atoms with Crippen LogP contribution in [0.2, 0.25) is 0 Å². The molecule has 0 radical (unpaired) electrons. The Kier molecular flexibility index (Phi) is 6.01. The molecule has 5 heteroatoms. The topological polar surface area (TPSA) is 53.0 Å². The van der Waals surface area contributed by atoms with E-state index in [0.717, 1.165) is 13.1 Å². The number of nitrogens with zero attached hydrogens (tertiary/aromatic N) is 2. The number of rotatable bonds is 5. The van der Waals surface area contributed by atoms with Gasteiger partial charge in [0.2, 0.25) is 0 Å². The van der Waals surface area contributed by atoms with Crippen LogP contribution in [0.1, 0.15) is 29.7 Å². The highest BCUT2D eigenvalue weighted by atomic mass is 16.5. The summed E-state index contributed by atoms with van der Waals surface area (Å²) >= 11 is 0. The Balaban J connectivity index is 1.51. The molecule has 1 aliphatic rings. The molecule has 3 rings (SSSR count). The first kappa shape index (κ1) is 19.2. The van der Waals surface area contributed by atoms with Gasteiger partial charge in [0.15, 0.2) is 18.1 Å². The molecule has 0 spiro atoms. The molecule has 5 nitrogen and oxygen atoms in total. The maximum Gasteiger partial charge on any atom is 0.260 e. The van der Waals surface area contributed by atoms with Crippen molar-refractivity contribution in [3.8, 4) is 11.5 Å².